The lowest BCUT2D eigenvalue weighted by atomic mass is 9.83. The number of alkyl carbamates (subject to hydrolysis) is 5. The van der Waals surface area contributed by atoms with Crippen LogP contribution in [0.2, 0.25) is 72.5 Å². The minimum Gasteiger partial charge on any atom is -0.445 e. The summed E-state index contributed by atoms with van der Waals surface area (Å²) in [6.45, 7) is 38.6. The van der Waals surface area contributed by atoms with E-state index in [-0.39, 0.29) is 65.8 Å². The summed E-state index contributed by atoms with van der Waals surface area (Å²) in [5.41, 5.74) is 4.02. The number of nitrogens with one attached hydrogen (secondary N) is 6. The first-order valence-electron chi connectivity index (χ1n) is 47.1. The monoisotopic (exact) mass is 1970 g/mol. The van der Waals surface area contributed by atoms with E-state index in [0.717, 1.165) is 5.56 Å². The quantitative estimate of drug-likeness (QED) is 0.0101. The van der Waals surface area contributed by atoms with E-state index in [4.69, 9.17) is 84.0 Å². The van der Waals surface area contributed by atoms with E-state index in [1.165, 1.54) is 0 Å². The van der Waals surface area contributed by atoms with Gasteiger partial charge < -0.3 is 131 Å². The van der Waals surface area contributed by atoms with Crippen LogP contribution in [0, 0.1) is 0 Å². The van der Waals surface area contributed by atoms with Crippen molar-refractivity contribution in [2.24, 2.45) is 0 Å². The van der Waals surface area contributed by atoms with Gasteiger partial charge in [-0.05, 0) is 113 Å². The van der Waals surface area contributed by atoms with E-state index in [2.05, 4.69) is 120 Å². The lowest BCUT2D eigenvalue weighted by molar-refractivity contribution is -0.357. The lowest BCUT2D eigenvalue weighted by Gasteiger charge is -2.53. The summed E-state index contributed by atoms with van der Waals surface area (Å²) in [6.07, 6.45) is -30.3. The van der Waals surface area contributed by atoms with Crippen LogP contribution >= 0.6 is 0 Å². The maximum atomic E-state index is 15.2. The number of aliphatic hydroxyl groups is 2. The van der Waals surface area contributed by atoms with Gasteiger partial charge in [0.25, 0.3) is 0 Å². The smallest absolute Gasteiger partial charge is 0.407 e. The molecule has 4 heterocycles. The Labute approximate surface area is 809 Å². The molecule has 6 aromatic rings. The molecule has 0 aromatic heterocycles. The van der Waals surface area contributed by atoms with Crippen LogP contribution in [0.4, 0.5) is 24.0 Å². The lowest BCUT2D eigenvalue weighted by Crippen LogP contribution is -2.72. The topological polar surface area (TPSA) is 398 Å². The fraction of sp³-hybridized carbons (Fsp3) is 0.570. The predicted octanol–water partition coefficient (Wildman–Crippen LogP) is 14.9. The Morgan fingerprint density at radius 2 is 0.818 bits per heavy atom. The summed E-state index contributed by atoms with van der Waals surface area (Å²) in [4.78, 5) is 101. The Bertz CT molecular complexity index is 4810. The molecule has 0 bridgehead atoms. The number of rotatable bonds is 39. The molecule has 1 aliphatic carbocycles. The van der Waals surface area contributed by atoms with Crippen LogP contribution in [0.1, 0.15) is 136 Å². The Kier molecular flexibility index (Phi) is 38.0. The molecule has 1 unspecified atom stereocenters. The van der Waals surface area contributed by atoms with Crippen LogP contribution in [0.3, 0.4) is 0 Å². The average Bonchev–Trinajstić information content (AvgIpc) is 1.75. The first-order chi connectivity index (χ1) is 64.7. The molecule has 21 atom stereocenters. The molecule has 6 amide bonds. The second-order valence-corrected chi connectivity index (χ2v) is 60.6. The molecule has 11 rings (SSSR count). The number of carbonyl (C=O) groups excluding carboxylic acids is 7. The molecule has 8 N–H and O–H groups in total. The minimum atomic E-state index is -3.12. The summed E-state index contributed by atoms with van der Waals surface area (Å²) in [5, 5.41) is 41.4. The highest BCUT2D eigenvalue weighted by Crippen LogP contribution is 2.48. The second-order valence-electron chi connectivity index (χ2n) is 41.5. The van der Waals surface area contributed by atoms with Crippen molar-refractivity contribution in [3.8, 4) is 0 Å². The van der Waals surface area contributed by atoms with E-state index in [0.29, 0.717) is 34.1 Å². The van der Waals surface area contributed by atoms with Crippen LogP contribution in [0.25, 0.3) is 0 Å². The third-order valence-electron chi connectivity index (χ3n) is 27.4. The van der Waals surface area contributed by atoms with Gasteiger partial charge in [0.1, 0.15) is 125 Å². The van der Waals surface area contributed by atoms with E-state index < -0.39 is 232 Å². The number of amides is 6. The highest BCUT2D eigenvalue weighted by Gasteiger charge is 2.62. The van der Waals surface area contributed by atoms with E-state index >= 15 is 14.4 Å². The SMILES string of the molecule is CC(C)(C)[Si](C)(C)OC[C@H]1O[C@@H](O[C@@H]2[C@@H](O)[C@H](NC(=O)[C@@H](O)CCNC(=O)OCc3ccccc3)C[C@H](NC(=O)OCc3ccccc3)[C@H]2O[C@H]2O[C@@H]3COC(c4ccccc4)O[C@H]3[C@H](O[Si](C)(C)C(C)(C)C)[C@H]2NC(=O)OCc2ccccc2)[C@H](OCC=O)[C@@H]1O[C@H]1O[C@@H](CNC(=O)OCc2ccccc2)[C@@H](O[Si](C)(C)C(C)(C)C)[C@H](O[Si](C)(C)C(C)(C)C)[C@H]1NC(=O)OCc1ccccc1. The molecule has 5 aliphatic rings. The minimum absolute atomic E-state index is 0.0689. The van der Waals surface area contributed by atoms with Gasteiger partial charge in [-0.3, -0.25) is 4.79 Å². The zero-order valence-corrected chi connectivity index (χ0v) is 86.6. The van der Waals surface area contributed by atoms with Crippen molar-refractivity contribution < 1.29 is 128 Å². The summed E-state index contributed by atoms with van der Waals surface area (Å²) in [7, 11) is -12.1. The predicted molar refractivity (Wildman–Crippen MR) is 519 cm³/mol. The zero-order valence-electron chi connectivity index (χ0n) is 82.6. The number of hydrogen-bond acceptors (Lipinski definition) is 27. The molecule has 0 spiro atoms. The van der Waals surface area contributed by atoms with Gasteiger partial charge in [-0.15, -0.1) is 0 Å². The van der Waals surface area contributed by atoms with Gasteiger partial charge in [0, 0.05) is 18.7 Å². The van der Waals surface area contributed by atoms with Crippen molar-refractivity contribution in [3.05, 3.63) is 215 Å². The van der Waals surface area contributed by atoms with Gasteiger partial charge in [0.05, 0.1) is 37.5 Å². The fourth-order valence-electron chi connectivity index (χ4n) is 15.3. The summed E-state index contributed by atoms with van der Waals surface area (Å²) in [5.74, 6) is -1.04. The largest absolute Gasteiger partial charge is 0.445 e. The highest BCUT2D eigenvalue weighted by molar-refractivity contribution is 6.75. The maximum Gasteiger partial charge on any atom is 0.407 e. The number of hydrogen-bond donors (Lipinski definition) is 8. The molecule has 33 nitrogen and oxygen atoms in total. The molecule has 4 aliphatic heterocycles. The molecular weight excluding hydrogens is 1830 g/mol. The molecule has 1 saturated carbocycles. The fourth-order valence-corrected chi connectivity index (χ4v) is 20.3. The van der Waals surface area contributed by atoms with E-state index in [1.807, 2.05) is 138 Å². The van der Waals surface area contributed by atoms with Crippen molar-refractivity contribution in [2.45, 2.75) is 330 Å². The number of carbonyl (C=O) groups is 7. The van der Waals surface area contributed by atoms with Crippen molar-refractivity contribution in [3.63, 3.8) is 0 Å². The Balaban J connectivity index is 1.07. The highest BCUT2D eigenvalue weighted by atomic mass is 28.4. The third-order valence-corrected chi connectivity index (χ3v) is 45.3. The first-order valence-corrected chi connectivity index (χ1v) is 58.8. The van der Waals surface area contributed by atoms with Gasteiger partial charge >= 0.3 is 30.5 Å². The third kappa shape index (κ3) is 30.1. The molecule has 37 heteroatoms. The van der Waals surface area contributed by atoms with Crippen LogP contribution in [-0.4, -0.2) is 241 Å². The number of aldehydes is 1. The molecule has 6 aromatic carbocycles. The second kappa shape index (κ2) is 48.0. The molecule has 5 fully saturated rings. The summed E-state index contributed by atoms with van der Waals surface area (Å²) < 4.78 is 125. The van der Waals surface area contributed by atoms with E-state index in [9.17, 15) is 29.4 Å². The zero-order chi connectivity index (χ0) is 99.4. The Morgan fingerprint density at radius 1 is 0.423 bits per heavy atom. The maximum absolute atomic E-state index is 15.2. The molecule has 137 heavy (non-hydrogen) atoms. The molecule has 752 valence electrons. The molecular formula is C100H144N6O27Si4. The van der Waals surface area contributed by atoms with Crippen molar-refractivity contribution >= 4 is 75.9 Å². The molecule has 0 radical (unpaired) electrons. The normalized spacial score (nSPS) is 26.4. The van der Waals surface area contributed by atoms with Crippen LogP contribution in [0.15, 0.2) is 182 Å². The summed E-state index contributed by atoms with van der Waals surface area (Å²) >= 11 is 0. The number of ether oxygens (including phenoxy) is 14. The molecule has 4 saturated heterocycles. The van der Waals surface area contributed by atoms with Gasteiger partial charge in [-0.25, -0.2) is 24.0 Å². The van der Waals surface area contributed by atoms with Gasteiger partial charge in [0.15, 0.2) is 58.4 Å². The first kappa shape index (κ1) is 108. The van der Waals surface area contributed by atoms with Crippen LogP contribution in [0.5, 0.6) is 0 Å². The van der Waals surface area contributed by atoms with Crippen LogP contribution in [-0.2, 0) is 127 Å². The Hall–Kier alpha value is -8.92. The Morgan fingerprint density at radius 3 is 1.28 bits per heavy atom. The van der Waals surface area contributed by atoms with Gasteiger partial charge in [0.2, 0.25) is 5.91 Å². The average molecular weight is 1970 g/mol. The van der Waals surface area contributed by atoms with Crippen molar-refractivity contribution in [2.75, 3.05) is 32.9 Å². The summed E-state index contributed by atoms with van der Waals surface area (Å²) in [6, 6.07) is 48.4. The van der Waals surface area contributed by atoms with Gasteiger partial charge in [-0.1, -0.05) is 265 Å². The number of benzene rings is 6. The van der Waals surface area contributed by atoms with Crippen molar-refractivity contribution in [1.82, 2.24) is 31.9 Å². The standard InChI is InChI=1S/C100H144N6O27Si4/c1-97(2,3)134(13,14)123-63-75-81(129-89-77(106-96(115)122-61-68-47-35-25-36-48-68)84(133-137(19,20)100(10,11)12)82(131-135(15,16)98(4,5)6)73(124-89)56-102-93(112)119-58-65-41-29-22-30-42-65)86(116-54-53-107)91(126-75)130-85-78(109)70(103-87(110)72(108)51-52-101-92(111)118-57-64-39-27-21-28-40-64)55-71(104-94(113)120-59-66-43-31-23-32-44-66)79(85)127-90-76(105-95(114)121-60-67-45-33-24-34-46-67)83(132-136(17,18)99(7,8)9)80-74(125-90)62-117-88(128-80)69-49-37-26-38-50-69/h21-50,53,70-86,88-91,108-109H,51-52,54-63H2,1-20H3,(H,101,111)(H,102,112)(H,103,110)(H,104,113)(H,105,114)(H,106,115)/t70-,71+,72+,73+,74-,75-,76-,77-,78+,79-,80-,81-,82-,83-,84-,85-,86-,88?,89-,90-,91+/m1/s1. The van der Waals surface area contributed by atoms with Crippen LogP contribution < -0.4 is 31.9 Å². The number of aliphatic hydroxyl groups excluding tert-OH is 2. The van der Waals surface area contributed by atoms with Gasteiger partial charge in [-0.2, -0.15) is 0 Å². The number of fused-ring (bicyclic) bond motifs is 1. The van der Waals surface area contributed by atoms with Crippen molar-refractivity contribution in [1.29, 1.82) is 0 Å². The van der Waals surface area contributed by atoms with E-state index in [1.54, 1.807) is 91.0 Å².